The molecule has 0 aliphatic carbocycles. The first kappa shape index (κ1) is 13.4. The van der Waals surface area contributed by atoms with Crippen LogP contribution < -0.4 is 4.74 Å². The Morgan fingerprint density at radius 3 is 2.53 bits per heavy atom. The SMILES string of the molecule is CC(C)Oc1cccc(-c2nc[nH]n2)c1C(F)(F)F. The van der Waals surface area contributed by atoms with Gasteiger partial charge in [0.1, 0.15) is 17.6 Å². The molecule has 1 aromatic heterocycles. The van der Waals surface area contributed by atoms with E-state index >= 15 is 0 Å². The molecule has 0 atom stereocenters. The predicted octanol–water partition coefficient (Wildman–Crippen LogP) is 3.28. The van der Waals surface area contributed by atoms with E-state index in [2.05, 4.69) is 15.2 Å². The second-order valence-electron chi connectivity index (χ2n) is 4.17. The van der Waals surface area contributed by atoms with Crippen molar-refractivity contribution in [1.29, 1.82) is 0 Å². The van der Waals surface area contributed by atoms with Crippen molar-refractivity contribution in [1.82, 2.24) is 15.2 Å². The van der Waals surface area contributed by atoms with E-state index in [-0.39, 0.29) is 23.2 Å². The molecule has 2 aromatic rings. The lowest BCUT2D eigenvalue weighted by Crippen LogP contribution is -2.14. The summed E-state index contributed by atoms with van der Waals surface area (Å²) >= 11 is 0. The summed E-state index contributed by atoms with van der Waals surface area (Å²) in [4.78, 5) is 3.76. The quantitative estimate of drug-likeness (QED) is 0.932. The van der Waals surface area contributed by atoms with Crippen molar-refractivity contribution < 1.29 is 17.9 Å². The molecule has 4 nitrogen and oxygen atoms in total. The van der Waals surface area contributed by atoms with Crippen LogP contribution in [0.15, 0.2) is 24.5 Å². The molecule has 19 heavy (non-hydrogen) atoms. The Morgan fingerprint density at radius 2 is 2.00 bits per heavy atom. The first-order valence-electron chi connectivity index (χ1n) is 5.62. The van der Waals surface area contributed by atoms with Crippen molar-refractivity contribution >= 4 is 0 Å². The van der Waals surface area contributed by atoms with Crippen molar-refractivity contribution in [2.45, 2.75) is 26.1 Å². The normalized spacial score (nSPS) is 11.9. The van der Waals surface area contributed by atoms with Crippen LogP contribution in [0, 0.1) is 0 Å². The molecule has 1 heterocycles. The zero-order valence-electron chi connectivity index (χ0n) is 10.3. The highest BCUT2D eigenvalue weighted by molar-refractivity contribution is 5.65. The standard InChI is InChI=1S/C12H12F3N3O/c1-7(2)19-9-5-3-4-8(10(9)12(13,14)15)11-16-6-17-18-11/h3-7H,1-2H3,(H,16,17,18). The Bertz CT molecular complexity index is 550. The smallest absolute Gasteiger partial charge is 0.420 e. The van der Waals surface area contributed by atoms with Crippen LogP contribution in [0.3, 0.4) is 0 Å². The minimum absolute atomic E-state index is 0.0125. The maximum absolute atomic E-state index is 13.2. The minimum Gasteiger partial charge on any atom is -0.490 e. The topological polar surface area (TPSA) is 50.8 Å². The Labute approximate surface area is 107 Å². The van der Waals surface area contributed by atoms with E-state index in [1.807, 2.05) is 0 Å². The summed E-state index contributed by atoms with van der Waals surface area (Å²) in [5.74, 6) is -0.230. The number of aromatic nitrogens is 3. The fraction of sp³-hybridized carbons (Fsp3) is 0.333. The molecule has 0 aliphatic heterocycles. The highest BCUT2D eigenvalue weighted by Gasteiger charge is 2.38. The zero-order valence-corrected chi connectivity index (χ0v) is 10.3. The van der Waals surface area contributed by atoms with E-state index in [9.17, 15) is 13.2 Å². The summed E-state index contributed by atoms with van der Waals surface area (Å²) in [5.41, 5.74) is -0.963. The van der Waals surface area contributed by atoms with Crippen molar-refractivity contribution in [2.75, 3.05) is 0 Å². The molecule has 0 amide bonds. The molecule has 1 aromatic carbocycles. The van der Waals surface area contributed by atoms with Gasteiger partial charge in [-0.05, 0) is 19.9 Å². The van der Waals surface area contributed by atoms with Crippen LogP contribution in [0.2, 0.25) is 0 Å². The van der Waals surface area contributed by atoms with Gasteiger partial charge in [-0.1, -0.05) is 12.1 Å². The van der Waals surface area contributed by atoms with Crippen molar-refractivity contribution in [3.05, 3.63) is 30.1 Å². The third-order valence-electron chi connectivity index (χ3n) is 2.33. The first-order chi connectivity index (χ1) is 8.89. The fourth-order valence-corrected chi connectivity index (χ4v) is 1.70. The van der Waals surface area contributed by atoms with Crippen LogP contribution >= 0.6 is 0 Å². The number of halogens is 3. The number of hydrogen-bond donors (Lipinski definition) is 1. The van der Waals surface area contributed by atoms with Crippen LogP contribution in [-0.4, -0.2) is 21.3 Å². The predicted molar refractivity (Wildman–Crippen MR) is 62.6 cm³/mol. The molecule has 102 valence electrons. The van der Waals surface area contributed by atoms with Gasteiger partial charge >= 0.3 is 6.18 Å². The van der Waals surface area contributed by atoms with Crippen LogP contribution in [0.25, 0.3) is 11.4 Å². The third-order valence-corrected chi connectivity index (χ3v) is 2.33. The summed E-state index contributed by atoms with van der Waals surface area (Å²) in [6.45, 7) is 3.33. The Balaban J connectivity index is 2.61. The largest absolute Gasteiger partial charge is 0.490 e. The second kappa shape index (κ2) is 4.91. The van der Waals surface area contributed by atoms with Gasteiger partial charge in [0.2, 0.25) is 0 Å². The van der Waals surface area contributed by atoms with Gasteiger partial charge in [0.05, 0.1) is 6.10 Å². The van der Waals surface area contributed by atoms with Gasteiger partial charge in [-0.15, -0.1) is 0 Å². The highest BCUT2D eigenvalue weighted by atomic mass is 19.4. The zero-order chi connectivity index (χ0) is 14.0. The number of alkyl halides is 3. The monoisotopic (exact) mass is 271 g/mol. The molecule has 1 N–H and O–H groups in total. The molecule has 0 radical (unpaired) electrons. The molecular formula is C12H12F3N3O. The van der Waals surface area contributed by atoms with Crippen LogP contribution in [0.4, 0.5) is 13.2 Å². The van der Waals surface area contributed by atoms with Gasteiger partial charge in [0.25, 0.3) is 0 Å². The Kier molecular flexibility index (Phi) is 3.46. The van der Waals surface area contributed by atoms with E-state index in [4.69, 9.17) is 4.74 Å². The summed E-state index contributed by atoms with van der Waals surface area (Å²) < 4.78 is 44.8. The highest BCUT2D eigenvalue weighted by Crippen LogP contribution is 2.42. The van der Waals surface area contributed by atoms with Gasteiger partial charge in [-0.3, -0.25) is 5.10 Å². The van der Waals surface area contributed by atoms with Gasteiger partial charge < -0.3 is 4.74 Å². The van der Waals surface area contributed by atoms with E-state index in [0.717, 1.165) is 0 Å². The Hall–Kier alpha value is -2.05. The molecule has 0 unspecified atom stereocenters. The lowest BCUT2D eigenvalue weighted by molar-refractivity contribution is -0.138. The van der Waals surface area contributed by atoms with E-state index in [0.29, 0.717) is 0 Å². The van der Waals surface area contributed by atoms with Crippen LogP contribution in [-0.2, 0) is 6.18 Å². The van der Waals surface area contributed by atoms with Gasteiger partial charge in [-0.2, -0.15) is 18.3 Å². The lowest BCUT2D eigenvalue weighted by Gasteiger charge is -2.18. The van der Waals surface area contributed by atoms with Gasteiger partial charge in [-0.25, -0.2) is 4.98 Å². The third kappa shape index (κ3) is 2.86. The first-order valence-corrected chi connectivity index (χ1v) is 5.62. The lowest BCUT2D eigenvalue weighted by atomic mass is 10.1. The maximum Gasteiger partial charge on any atom is 0.420 e. The molecular weight excluding hydrogens is 259 g/mol. The van der Waals surface area contributed by atoms with Crippen molar-refractivity contribution in [2.24, 2.45) is 0 Å². The average molecular weight is 271 g/mol. The molecule has 0 fully saturated rings. The number of ether oxygens (including phenoxy) is 1. The number of nitrogens with one attached hydrogen (secondary N) is 1. The number of nitrogens with zero attached hydrogens (tertiary/aromatic N) is 2. The molecule has 0 saturated heterocycles. The number of H-pyrrole nitrogens is 1. The molecule has 0 saturated carbocycles. The van der Waals surface area contributed by atoms with Gasteiger partial charge in [0.15, 0.2) is 5.82 Å². The molecule has 0 spiro atoms. The number of aromatic amines is 1. The number of hydrogen-bond acceptors (Lipinski definition) is 3. The molecule has 7 heteroatoms. The molecule has 0 aliphatic rings. The molecule has 2 rings (SSSR count). The Morgan fingerprint density at radius 1 is 1.26 bits per heavy atom. The van der Waals surface area contributed by atoms with Crippen LogP contribution in [0.5, 0.6) is 5.75 Å². The molecule has 0 bridgehead atoms. The number of rotatable bonds is 3. The summed E-state index contributed by atoms with van der Waals surface area (Å²) in [5, 5.41) is 6.09. The summed E-state index contributed by atoms with van der Waals surface area (Å²) in [6, 6.07) is 4.09. The van der Waals surface area contributed by atoms with Crippen molar-refractivity contribution in [3.8, 4) is 17.1 Å². The van der Waals surface area contributed by atoms with Crippen LogP contribution in [0.1, 0.15) is 19.4 Å². The minimum atomic E-state index is -4.54. The van der Waals surface area contributed by atoms with Crippen molar-refractivity contribution in [3.63, 3.8) is 0 Å². The second-order valence-corrected chi connectivity index (χ2v) is 4.17. The maximum atomic E-state index is 13.2. The van der Waals surface area contributed by atoms with E-state index in [1.54, 1.807) is 13.8 Å². The summed E-state index contributed by atoms with van der Waals surface area (Å²) in [7, 11) is 0. The average Bonchev–Trinajstić information content (AvgIpc) is 2.79. The van der Waals surface area contributed by atoms with E-state index in [1.165, 1.54) is 24.5 Å². The number of benzene rings is 1. The van der Waals surface area contributed by atoms with E-state index < -0.39 is 11.7 Å². The summed E-state index contributed by atoms with van der Waals surface area (Å²) in [6.07, 6.45) is -3.67. The van der Waals surface area contributed by atoms with Gasteiger partial charge in [0, 0.05) is 5.56 Å². The fourth-order valence-electron chi connectivity index (χ4n) is 1.70.